The Morgan fingerprint density at radius 1 is 1.40 bits per heavy atom. The van der Waals surface area contributed by atoms with Crippen molar-refractivity contribution >= 4 is 22.6 Å². The van der Waals surface area contributed by atoms with Crippen molar-refractivity contribution < 1.29 is 4.42 Å². The molecule has 1 aromatic carbocycles. The molecular weight excluding hydrogens is 270 g/mol. The molecule has 0 radical (unpaired) electrons. The average molecular weight is 292 g/mol. The first-order valence-electron chi connectivity index (χ1n) is 7.38. The van der Waals surface area contributed by atoms with Crippen LogP contribution in [0, 0.1) is 11.3 Å². The van der Waals surface area contributed by atoms with E-state index in [0.717, 1.165) is 16.7 Å². The van der Waals surface area contributed by atoms with Crippen LogP contribution in [0.3, 0.4) is 0 Å². The van der Waals surface area contributed by atoms with E-state index in [1.54, 1.807) is 0 Å². The van der Waals surface area contributed by atoms with E-state index in [9.17, 15) is 0 Å². The minimum absolute atomic E-state index is 0.260. The average Bonchev–Trinajstić information content (AvgIpc) is 2.96. The summed E-state index contributed by atoms with van der Waals surface area (Å²) in [5, 5.41) is 5.24. The van der Waals surface area contributed by atoms with Gasteiger partial charge in [0.2, 0.25) is 0 Å². The quantitative estimate of drug-likeness (QED) is 0.843. The molecule has 0 saturated heterocycles. The molecule has 2 aromatic rings. The third-order valence-corrected chi connectivity index (χ3v) is 5.17. The second kappa shape index (κ2) is 5.09. The van der Waals surface area contributed by atoms with Crippen LogP contribution in [0.15, 0.2) is 28.7 Å². The number of halogens is 1. The topological polar surface area (TPSA) is 25.2 Å². The molecule has 1 aliphatic carbocycles. The Balaban J connectivity index is 2.01. The number of hydrogen-bond donors (Lipinski definition) is 1. The third-order valence-electron chi connectivity index (χ3n) is 4.88. The standard InChI is InChI=1S/C17H22ClNO/c1-17(2)9-5-7-12(17)15(19-3)14-10-11-6-4-8-13(18)16(11)20-14/h4,6,8,10,12,15,19H,5,7,9H2,1-3H3. The molecule has 0 amide bonds. The van der Waals surface area contributed by atoms with Gasteiger partial charge < -0.3 is 9.73 Å². The molecule has 0 bridgehead atoms. The summed E-state index contributed by atoms with van der Waals surface area (Å²) in [5.74, 6) is 1.61. The highest BCUT2D eigenvalue weighted by Crippen LogP contribution is 2.49. The van der Waals surface area contributed by atoms with Gasteiger partial charge in [-0.2, -0.15) is 0 Å². The number of fused-ring (bicyclic) bond motifs is 1. The fourth-order valence-electron chi connectivity index (χ4n) is 3.71. The molecular formula is C17H22ClNO. The smallest absolute Gasteiger partial charge is 0.152 e. The van der Waals surface area contributed by atoms with Crippen molar-refractivity contribution in [3.8, 4) is 0 Å². The van der Waals surface area contributed by atoms with E-state index in [-0.39, 0.29) is 6.04 Å². The summed E-state index contributed by atoms with van der Waals surface area (Å²) < 4.78 is 6.06. The molecule has 0 spiro atoms. The van der Waals surface area contributed by atoms with Crippen molar-refractivity contribution in [2.24, 2.45) is 11.3 Å². The van der Waals surface area contributed by atoms with Crippen LogP contribution >= 0.6 is 11.6 Å². The molecule has 1 aromatic heterocycles. The second-order valence-corrected chi connectivity index (χ2v) is 6.97. The van der Waals surface area contributed by atoms with Gasteiger partial charge in [-0.15, -0.1) is 0 Å². The lowest BCUT2D eigenvalue weighted by atomic mass is 9.77. The molecule has 1 fully saturated rings. The van der Waals surface area contributed by atoms with Crippen LogP contribution in [0.2, 0.25) is 5.02 Å². The molecule has 2 nitrogen and oxygen atoms in total. The predicted octanol–water partition coefficient (Wildman–Crippen LogP) is 5.17. The molecule has 1 saturated carbocycles. The molecule has 2 atom stereocenters. The van der Waals surface area contributed by atoms with Crippen LogP contribution in [0.4, 0.5) is 0 Å². The van der Waals surface area contributed by atoms with Crippen LogP contribution in [0.25, 0.3) is 11.0 Å². The highest BCUT2D eigenvalue weighted by atomic mass is 35.5. The fourth-order valence-corrected chi connectivity index (χ4v) is 3.93. The molecule has 20 heavy (non-hydrogen) atoms. The zero-order chi connectivity index (χ0) is 14.3. The Morgan fingerprint density at radius 2 is 2.20 bits per heavy atom. The Bertz CT molecular complexity index is 616. The highest BCUT2D eigenvalue weighted by molar-refractivity contribution is 6.34. The van der Waals surface area contributed by atoms with E-state index in [1.807, 2.05) is 19.2 Å². The van der Waals surface area contributed by atoms with Gasteiger partial charge in [0.15, 0.2) is 5.58 Å². The molecule has 0 aliphatic heterocycles. The maximum atomic E-state index is 6.22. The van der Waals surface area contributed by atoms with Gasteiger partial charge in [0.1, 0.15) is 5.76 Å². The lowest BCUT2D eigenvalue weighted by Crippen LogP contribution is -2.31. The Labute approximate surface area is 125 Å². The molecule has 1 N–H and O–H groups in total. The number of para-hydroxylation sites is 1. The zero-order valence-corrected chi connectivity index (χ0v) is 13.1. The number of hydrogen-bond acceptors (Lipinski definition) is 2. The summed E-state index contributed by atoms with van der Waals surface area (Å²) >= 11 is 6.22. The first-order chi connectivity index (χ1) is 9.53. The van der Waals surface area contributed by atoms with E-state index in [2.05, 4.69) is 31.3 Å². The van der Waals surface area contributed by atoms with Crippen LogP contribution in [-0.4, -0.2) is 7.05 Å². The van der Waals surface area contributed by atoms with Gasteiger partial charge in [0.05, 0.1) is 11.1 Å². The normalized spacial score (nSPS) is 23.3. The van der Waals surface area contributed by atoms with Gasteiger partial charge in [-0.1, -0.05) is 44.0 Å². The Kier molecular flexibility index (Phi) is 3.55. The summed E-state index contributed by atoms with van der Waals surface area (Å²) in [6.07, 6.45) is 3.84. The minimum atomic E-state index is 0.260. The van der Waals surface area contributed by atoms with E-state index in [4.69, 9.17) is 16.0 Å². The van der Waals surface area contributed by atoms with Crippen molar-refractivity contribution in [3.63, 3.8) is 0 Å². The molecule has 1 aliphatic rings. The fraction of sp³-hybridized carbons (Fsp3) is 0.529. The van der Waals surface area contributed by atoms with Crippen LogP contribution in [0.5, 0.6) is 0 Å². The van der Waals surface area contributed by atoms with Crippen LogP contribution in [0.1, 0.15) is 44.9 Å². The lowest BCUT2D eigenvalue weighted by Gasteiger charge is -2.32. The van der Waals surface area contributed by atoms with Gasteiger partial charge in [-0.3, -0.25) is 0 Å². The Morgan fingerprint density at radius 3 is 2.80 bits per heavy atom. The maximum Gasteiger partial charge on any atom is 0.152 e. The lowest BCUT2D eigenvalue weighted by molar-refractivity contribution is 0.188. The van der Waals surface area contributed by atoms with Gasteiger partial charge in [-0.25, -0.2) is 0 Å². The molecule has 2 unspecified atom stereocenters. The van der Waals surface area contributed by atoms with Gasteiger partial charge in [0.25, 0.3) is 0 Å². The molecule has 1 heterocycles. The van der Waals surface area contributed by atoms with E-state index < -0.39 is 0 Å². The highest BCUT2D eigenvalue weighted by Gasteiger charge is 2.40. The second-order valence-electron chi connectivity index (χ2n) is 6.56. The SMILES string of the molecule is CNC(c1cc2cccc(Cl)c2o1)C1CCCC1(C)C. The third kappa shape index (κ3) is 2.25. The molecule has 108 valence electrons. The van der Waals surface area contributed by atoms with E-state index >= 15 is 0 Å². The van der Waals surface area contributed by atoms with Crippen molar-refractivity contribution in [1.29, 1.82) is 0 Å². The maximum absolute atomic E-state index is 6.22. The largest absolute Gasteiger partial charge is 0.458 e. The molecule has 3 rings (SSSR count). The summed E-state index contributed by atoms with van der Waals surface area (Å²) in [6, 6.07) is 8.30. The Hall–Kier alpha value is -0.990. The predicted molar refractivity (Wildman–Crippen MR) is 84.1 cm³/mol. The zero-order valence-electron chi connectivity index (χ0n) is 12.4. The van der Waals surface area contributed by atoms with Gasteiger partial charge in [-0.05, 0) is 43.4 Å². The van der Waals surface area contributed by atoms with Crippen molar-refractivity contribution in [3.05, 3.63) is 35.0 Å². The monoisotopic (exact) mass is 291 g/mol. The van der Waals surface area contributed by atoms with E-state index in [1.165, 1.54) is 19.3 Å². The number of rotatable bonds is 3. The minimum Gasteiger partial charge on any atom is -0.458 e. The van der Waals surface area contributed by atoms with Crippen LogP contribution in [-0.2, 0) is 0 Å². The van der Waals surface area contributed by atoms with E-state index in [0.29, 0.717) is 16.4 Å². The van der Waals surface area contributed by atoms with Crippen molar-refractivity contribution in [2.45, 2.75) is 39.2 Å². The van der Waals surface area contributed by atoms with Crippen molar-refractivity contribution in [1.82, 2.24) is 5.32 Å². The van der Waals surface area contributed by atoms with Crippen molar-refractivity contribution in [2.75, 3.05) is 7.05 Å². The van der Waals surface area contributed by atoms with Gasteiger partial charge >= 0.3 is 0 Å². The number of nitrogens with one attached hydrogen (secondary N) is 1. The van der Waals surface area contributed by atoms with Crippen LogP contribution < -0.4 is 5.32 Å². The number of furan rings is 1. The summed E-state index contributed by atoms with van der Waals surface area (Å²) in [7, 11) is 2.02. The number of benzene rings is 1. The first-order valence-corrected chi connectivity index (χ1v) is 7.76. The molecule has 3 heteroatoms. The summed E-state index contributed by atoms with van der Waals surface area (Å²) in [4.78, 5) is 0. The van der Waals surface area contributed by atoms with Gasteiger partial charge in [0, 0.05) is 5.39 Å². The summed E-state index contributed by atoms with van der Waals surface area (Å²) in [5.41, 5.74) is 1.16. The summed E-state index contributed by atoms with van der Waals surface area (Å²) in [6.45, 7) is 4.73. The first kappa shape index (κ1) is 14.0.